The van der Waals surface area contributed by atoms with Gasteiger partial charge in [-0.05, 0) is 17.5 Å². The van der Waals surface area contributed by atoms with Gasteiger partial charge >= 0.3 is 0 Å². The van der Waals surface area contributed by atoms with Crippen LogP contribution < -0.4 is 5.32 Å². The molecule has 0 aliphatic carbocycles. The van der Waals surface area contributed by atoms with Gasteiger partial charge in [0.25, 0.3) is 0 Å². The molecule has 0 unspecified atom stereocenters. The Labute approximate surface area is 121 Å². The maximum absolute atomic E-state index is 13.7. The molecule has 3 nitrogen and oxygen atoms in total. The molecule has 1 saturated heterocycles. The molecule has 5 heteroatoms. The van der Waals surface area contributed by atoms with E-state index in [2.05, 4.69) is 10.2 Å². The van der Waals surface area contributed by atoms with Crippen LogP contribution in [0.1, 0.15) is 16.5 Å². The zero-order chi connectivity index (χ0) is 13.9. The molecule has 1 aliphatic heterocycles. The summed E-state index contributed by atoms with van der Waals surface area (Å²) >= 11 is 1.64. The number of phenols is 1. The fraction of sp³-hybridized carbons (Fsp3) is 0.333. The highest BCUT2D eigenvalue weighted by Crippen LogP contribution is 2.37. The molecule has 3 rings (SSSR count). The molecule has 1 atom stereocenters. The fourth-order valence-corrected chi connectivity index (χ4v) is 3.55. The molecule has 20 heavy (non-hydrogen) atoms. The van der Waals surface area contributed by atoms with Crippen LogP contribution in [0, 0.1) is 5.82 Å². The molecule has 1 aromatic carbocycles. The topological polar surface area (TPSA) is 35.5 Å². The number of piperazine rings is 1. The first-order valence-electron chi connectivity index (χ1n) is 6.73. The van der Waals surface area contributed by atoms with Crippen molar-refractivity contribution in [3.63, 3.8) is 0 Å². The van der Waals surface area contributed by atoms with Gasteiger partial charge in [-0.3, -0.25) is 4.90 Å². The number of halogens is 1. The molecule has 0 radical (unpaired) electrons. The Morgan fingerprint density at radius 1 is 1.20 bits per heavy atom. The lowest BCUT2D eigenvalue weighted by molar-refractivity contribution is 0.197. The van der Waals surface area contributed by atoms with E-state index in [9.17, 15) is 9.50 Å². The Morgan fingerprint density at radius 2 is 2.00 bits per heavy atom. The quantitative estimate of drug-likeness (QED) is 0.913. The van der Waals surface area contributed by atoms with Crippen molar-refractivity contribution in [1.29, 1.82) is 0 Å². The number of hydrogen-bond acceptors (Lipinski definition) is 4. The number of nitrogens with one attached hydrogen (secondary N) is 1. The number of nitrogens with zero attached hydrogens (tertiary/aromatic N) is 1. The minimum atomic E-state index is -0.556. The number of phenolic OH excluding ortho intramolecular Hbond substituents is 1. The number of para-hydroxylation sites is 1. The molecular formula is C15H17FN2OS. The van der Waals surface area contributed by atoms with E-state index >= 15 is 0 Å². The first kappa shape index (κ1) is 13.5. The molecule has 1 aliphatic rings. The lowest BCUT2D eigenvalue weighted by Crippen LogP contribution is -2.45. The van der Waals surface area contributed by atoms with E-state index in [-0.39, 0.29) is 11.8 Å². The number of thiophene rings is 1. The van der Waals surface area contributed by atoms with Gasteiger partial charge < -0.3 is 10.4 Å². The second-order valence-corrected chi connectivity index (χ2v) is 5.86. The fourth-order valence-electron chi connectivity index (χ4n) is 2.67. The summed E-state index contributed by atoms with van der Waals surface area (Å²) in [5.41, 5.74) is 0.648. The Bertz CT molecular complexity index is 567. The summed E-state index contributed by atoms with van der Waals surface area (Å²) in [6.07, 6.45) is 0. The van der Waals surface area contributed by atoms with E-state index in [0.717, 1.165) is 31.1 Å². The van der Waals surface area contributed by atoms with Gasteiger partial charge in [0.05, 0.1) is 6.04 Å². The standard InChI is InChI=1S/C15H17FN2OS/c16-12-4-1-3-11(15(12)19)14(13-5-2-10-20-13)18-8-6-17-7-9-18/h1-5,10,14,17,19H,6-9H2/t14-/m0/s1. The molecule has 0 amide bonds. The van der Waals surface area contributed by atoms with Crippen molar-refractivity contribution in [2.45, 2.75) is 6.04 Å². The maximum atomic E-state index is 13.7. The van der Waals surface area contributed by atoms with Crippen molar-refractivity contribution in [3.8, 4) is 5.75 Å². The van der Waals surface area contributed by atoms with E-state index < -0.39 is 5.82 Å². The van der Waals surface area contributed by atoms with Crippen LogP contribution in [-0.2, 0) is 0 Å². The number of rotatable bonds is 3. The van der Waals surface area contributed by atoms with Crippen LogP contribution in [0.25, 0.3) is 0 Å². The second-order valence-electron chi connectivity index (χ2n) is 4.88. The molecule has 2 aromatic rings. The highest BCUT2D eigenvalue weighted by Gasteiger charge is 2.27. The molecule has 0 spiro atoms. The normalized spacial score (nSPS) is 18.1. The lowest BCUT2D eigenvalue weighted by atomic mass is 10.0. The smallest absolute Gasteiger partial charge is 0.165 e. The third kappa shape index (κ3) is 2.57. The summed E-state index contributed by atoms with van der Waals surface area (Å²) in [4.78, 5) is 3.42. The summed E-state index contributed by atoms with van der Waals surface area (Å²) in [5.74, 6) is -0.788. The van der Waals surface area contributed by atoms with Gasteiger partial charge in [-0.15, -0.1) is 11.3 Å². The van der Waals surface area contributed by atoms with Crippen LogP contribution in [-0.4, -0.2) is 36.2 Å². The molecular weight excluding hydrogens is 275 g/mol. The van der Waals surface area contributed by atoms with Crippen molar-refractivity contribution >= 4 is 11.3 Å². The zero-order valence-electron chi connectivity index (χ0n) is 11.1. The van der Waals surface area contributed by atoms with Crippen LogP contribution in [0.5, 0.6) is 5.75 Å². The molecule has 0 saturated carbocycles. The molecule has 106 valence electrons. The predicted molar refractivity (Wildman–Crippen MR) is 78.7 cm³/mol. The van der Waals surface area contributed by atoms with Gasteiger partial charge in [0, 0.05) is 36.6 Å². The maximum Gasteiger partial charge on any atom is 0.165 e. The summed E-state index contributed by atoms with van der Waals surface area (Å²) in [5, 5.41) is 15.4. The van der Waals surface area contributed by atoms with Gasteiger partial charge in [0.1, 0.15) is 0 Å². The SMILES string of the molecule is Oc1c(F)cccc1[C@@H](c1cccs1)N1CCNCC1. The molecule has 0 bridgehead atoms. The highest BCUT2D eigenvalue weighted by molar-refractivity contribution is 7.10. The van der Waals surface area contributed by atoms with Gasteiger partial charge in [-0.1, -0.05) is 18.2 Å². The summed E-state index contributed by atoms with van der Waals surface area (Å²) in [6, 6.07) is 8.72. The van der Waals surface area contributed by atoms with E-state index in [1.807, 2.05) is 23.6 Å². The number of hydrogen-bond donors (Lipinski definition) is 2. The first-order valence-corrected chi connectivity index (χ1v) is 7.61. The Morgan fingerprint density at radius 3 is 2.70 bits per heavy atom. The molecule has 1 fully saturated rings. The first-order chi connectivity index (χ1) is 9.77. The third-order valence-corrected chi connectivity index (χ3v) is 4.57. The van der Waals surface area contributed by atoms with Crippen molar-refractivity contribution in [2.75, 3.05) is 26.2 Å². The minimum Gasteiger partial charge on any atom is -0.505 e. The van der Waals surface area contributed by atoms with Gasteiger partial charge in [-0.2, -0.15) is 0 Å². The number of benzene rings is 1. The average Bonchev–Trinajstić information content (AvgIpc) is 2.99. The van der Waals surface area contributed by atoms with Crippen LogP contribution >= 0.6 is 11.3 Å². The Balaban J connectivity index is 2.03. The van der Waals surface area contributed by atoms with Gasteiger partial charge in [-0.25, -0.2) is 4.39 Å². The van der Waals surface area contributed by atoms with E-state index in [0.29, 0.717) is 5.56 Å². The van der Waals surface area contributed by atoms with Crippen LogP contribution in [0.3, 0.4) is 0 Å². The largest absolute Gasteiger partial charge is 0.505 e. The van der Waals surface area contributed by atoms with Gasteiger partial charge in [0.2, 0.25) is 0 Å². The van der Waals surface area contributed by atoms with Gasteiger partial charge in [0.15, 0.2) is 11.6 Å². The summed E-state index contributed by atoms with van der Waals surface area (Å²) in [6.45, 7) is 3.60. The molecule has 2 heterocycles. The monoisotopic (exact) mass is 292 g/mol. The summed E-state index contributed by atoms with van der Waals surface area (Å²) < 4.78 is 13.7. The Hall–Kier alpha value is -1.43. The van der Waals surface area contributed by atoms with Crippen molar-refractivity contribution in [1.82, 2.24) is 10.2 Å². The third-order valence-electron chi connectivity index (χ3n) is 3.64. The Kier molecular flexibility index (Phi) is 4.00. The predicted octanol–water partition coefficient (Wildman–Crippen LogP) is 2.59. The van der Waals surface area contributed by atoms with Crippen molar-refractivity contribution < 1.29 is 9.50 Å². The van der Waals surface area contributed by atoms with Crippen molar-refractivity contribution in [2.24, 2.45) is 0 Å². The zero-order valence-corrected chi connectivity index (χ0v) is 11.9. The number of aromatic hydroxyl groups is 1. The van der Waals surface area contributed by atoms with Crippen LogP contribution in [0.15, 0.2) is 35.7 Å². The van der Waals surface area contributed by atoms with Crippen molar-refractivity contribution in [3.05, 3.63) is 52.0 Å². The summed E-state index contributed by atoms with van der Waals surface area (Å²) in [7, 11) is 0. The van der Waals surface area contributed by atoms with E-state index in [4.69, 9.17) is 0 Å². The average molecular weight is 292 g/mol. The highest BCUT2D eigenvalue weighted by atomic mass is 32.1. The minimum absolute atomic E-state index is 0.0761. The van der Waals surface area contributed by atoms with E-state index in [1.165, 1.54) is 6.07 Å². The van der Waals surface area contributed by atoms with E-state index in [1.54, 1.807) is 17.4 Å². The molecule has 1 aromatic heterocycles. The van der Waals surface area contributed by atoms with Crippen LogP contribution in [0.2, 0.25) is 0 Å². The second kappa shape index (κ2) is 5.91. The van der Waals surface area contributed by atoms with Crippen LogP contribution in [0.4, 0.5) is 4.39 Å². The lowest BCUT2D eigenvalue weighted by Gasteiger charge is -2.35. The molecule has 2 N–H and O–H groups in total.